The zero-order valence-corrected chi connectivity index (χ0v) is 13.5. The number of benzene rings is 1. The molecule has 0 aliphatic carbocycles. The third kappa shape index (κ3) is 4.55. The summed E-state index contributed by atoms with van der Waals surface area (Å²) in [6, 6.07) is 4.44. The first-order valence-electron chi connectivity index (χ1n) is 6.74. The van der Waals surface area contributed by atoms with Crippen LogP contribution in [-0.2, 0) is 4.79 Å². The summed E-state index contributed by atoms with van der Waals surface area (Å²) in [5.41, 5.74) is 0.716. The maximum absolute atomic E-state index is 12.0. The largest absolute Gasteiger partial charge is 0.353 e. The molecule has 1 unspecified atom stereocenters. The van der Waals surface area contributed by atoms with E-state index in [1.165, 1.54) is 4.90 Å². The molecule has 1 heterocycles. The van der Waals surface area contributed by atoms with Gasteiger partial charge in [-0.3, -0.25) is 4.79 Å². The fraction of sp³-hybridized carbons (Fsp3) is 0.333. The predicted molar refractivity (Wildman–Crippen MR) is 85.9 cm³/mol. The number of halogens is 2. The minimum absolute atomic E-state index is 0.0682. The summed E-state index contributed by atoms with van der Waals surface area (Å²) in [5, 5.41) is 6.31. The Labute approximate surface area is 138 Å². The van der Waals surface area contributed by atoms with Crippen LogP contribution in [-0.4, -0.2) is 42.5 Å². The van der Waals surface area contributed by atoms with E-state index >= 15 is 0 Å². The van der Waals surface area contributed by atoms with Crippen LogP contribution in [0.3, 0.4) is 0 Å². The molecule has 1 atom stereocenters. The molecular weight excluding hydrogens is 325 g/mol. The summed E-state index contributed by atoms with van der Waals surface area (Å²) in [4.78, 5) is 24.7. The quantitative estimate of drug-likeness (QED) is 0.767. The zero-order chi connectivity index (χ0) is 16.1. The third-order valence-electron chi connectivity index (χ3n) is 3.02. The van der Waals surface area contributed by atoms with Crippen LogP contribution >= 0.6 is 23.2 Å². The average Bonchev–Trinajstić information content (AvgIpc) is 2.48. The molecule has 7 heteroatoms. The molecule has 1 saturated heterocycles. The summed E-state index contributed by atoms with van der Waals surface area (Å²) < 4.78 is 0. The van der Waals surface area contributed by atoms with E-state index in [0.29, 0.717) is 28.7 Å². The molecule has 1 aliphatic heterocycles. The van der Waals surface area contributed by atoms with Crippen molar-refractivity contribution >= 4 is 35.1 Å². The predicted octanol–water partition coefficient (Wildman–Crippen LogP) is 1.87. The number of nitrogens with zero attached hydrogens (tertiary/aromatic N) is 1. The van der Waals surface area contributed by atoms with Crippen molar-refractivity contribution < 1.29 is 9.59 Å². The Morgan fingerprint density at radius 3 is 2.86 bits per heavy atom. The van der Waals surface area contributed by atoms with E-state index in [4.69, 9.17) is 23.2 Å². The first-order valence-corrected chi connectivity index (χ1v) is 7.50. The molecule has 2 rings (SSSR count). The standard InChI is InChI=1S/C15H15Cl2N3O2/c1-10(2-3-11-4-5-12(16)13(17)8-11)19-15(22)20-7-6-18-14(21)9-20/h4-5,8,10H,6-7,9H2,1H3,(H,18,21)(H,19,22). The first-order chi connectivity index (χ1) is 10.5. The van der Waals surface area contributed by atoms with Gasteiger partial charge in [-0.05, 0) is 25.1 Å². The Morgan fingerprint density at radius 2 is 2.18 bits per heavy atom. The average molecular weight is 340 g/mol. The van der Waals surface area contributed by atoms with Crippen molar-refractivity contribution in [3.63, 3.8) is 0 Å². The van der Waals surface area contributed by atoms with Crippen LogP contribution in [0.4, 0.5) is 4.79 Å². The molecule has 22 heavy (non-hydrogen) atoms. The fourth-order valence-corrected chi connectivity index (χ4v) is 2.19. The van der Waals surface area contributed by atoms with Crippen LogP contribution in [0, 0.1) is 11.8 Å². The third-order valence-corrected chi connectivity index (χ3v) is 3.76. The molecular formula is C15H15Cl2N3O2. The van der Waals surface area contributed by atoms with Gasteiger partial charge in [0.05, 0.1) is 16.1 Å². The van der Waals surface area contributed by atoms with Gasteiger partial charge < -0.3 is 15.5 Å². The minimum atomic E-state index is -0.355. The van der Waals surface area contributed by atoms with Gasteiger partial charge in [0.25, 0.3) is 0 Å². The highest BCUT2D eigenvalue weighted by molar-refractivity contribution is 6.42. The molecule has 5 nitrogen and oxygen atoms in total. The molecule has 1 aromatic rings. The molecule has 116 valence electrons. The smallest absolute Gasteiger partial charge is 0.318 e. The Kier molecular flexibility index (Phi) is 5.53. The highest BCUT2D eigenvalue weighted by atomic mass is 35.5. The second-order valence-electron chi connectivity index (χ2n) is 4.84. The van der Waals surface area contributed by atoms with Gasteiger partial charge in [0.2, 0.25) is 5.91 Å². The van der Waals surface area contributed by atoms with Gasteiger partial charge in [-0.1, -0.05) is 35.0 Å². The summed E-state index contributed by atoms with van der Waals surface area (Å²) in [7, 11) is 0. The van der Waals surface area contributed by atoms with Gasteiger partial charge in [-0.15, -0.1) is 0 Å². The number of carbonyl (C=O) groups excluding carboxylic acids is 2. The van der Waals surface area contributed by atoms with Crippen LogP contribution in [0.2, 0.25) is 10.0 Å². The number of hydrogen-bond donors (Lipinski definition) is 2. The van der Waals surface area contributed by atoms with Gasteiger partial charge in [-0.2, -0.15) is 0 Å². The highest BCUT2D eigenvalue weighted by Crippen LogP contribution is 2.22. The van der Waals surface area contributed by atoms with E-state index in [9.17, 15) is 9.59 Å². The number of piperazine rings is 1. The van der Waals surface area contributed by atoms with Crippen LogP contribution in [0.15, 0.2) is 18.2 Å². The normalized spacial score (nSPS) is 15.4. The topological polar surface area (TPSA) is 61.4 Å². The lowest BCUT2D eigenvalue weighted by Crippen LogP contribution is -2.54. The van der Waals surface area contributed by atoms with Crippen molar-refractivity contribution in [2.45, 2.75) is 13.0 Å². The second-order valence-corrected chi connectivity index (χ2v) is 5.66. The summed E-state index contributed by atoms with van der Waals surface area (Å²) in [6.45, 7) is 2.80. The van der Waals surface area contributed by atoms with E-state index in [1.54, 1.807) is 25.1 Å². The lowest BCUT2D eigenvalue weighted by Gasteiger charge is -2.27. The van der Waals surface area contributed by atoms with Crippen molar-refractivity contribution in [2.75, 3.05) is 19.6 Å². The Hall–Kier alpha value is -1.90. The molecule has 0 spiro atoms. The Morgan fingerprint density at radius 1 is 1.41 bits per heavy atom. The van der Waals surface area contributed by atoms with Crippen LogP contribution in [0.1, 0.15) is 12.5 Å². The summed E-state index contributed by atoms with van der Waals surface area (Å²) in [6.07, 6.45) is 0. The van der Waals surface area contributed by atoms with Crippen molar-refractivity contribution in [3.05, 3.63) is 33.8 Å². The van der Waals surface area contributed by atoms with E-state index in [2.05, 4.69) is 22.5 Å². The second kappa shape index (κ2) is 7.39. The molecule has 0 bridgehead atoms. The maximum Gasteiger partial charge on any atom is 0.318 e. The number of nitrogens with one attached hydrogen (secondary N) is 2. The van der Waals surface area contributed by atoms with Crippen molar-refractivity contribution in [1.29, 1.82) is 0 Å². The number of amides is 3. The van der Waals surface area contributed by atoms with Crippen LogP contribution < -0.4 is 10.6 Å². The molecule has 0 saturated carbocycles. The van der Waals surface area contributed by atoms with E-state index in [-0.39, 0.29) is 24.5 Å². The van der Waals surface area contributed by atoms with E-state index in [1.807, 2.05) is 0 Å². The maximum atomic E-state index is 12.0. The lowest BCUT2D eigenvalue weighted by atomic mass is 10.2. The zero-order valence-electron chi connectivity index (χ0n) is 12.0. The van der Waals surface area contributed by atoms with Gasteiger partial charge in [0.1, 0.15) is 6.54 Å². The molecule has 1 fully saturated rings. The molecule has 2 N–H and O–H groups in total. The Balaban J connectivity index is 1.93. The van der Waals surface area contributed by atoms with Gasteiger partial charge in [0, 0.05) is 18.7 Å². The Bertz CT molecular complexity index is 652. The number of urea groups is 1. The molecule has 0 aromatic heterocycles. The van der Waals surface area contributed by atoms with E-state index in [0.717, 1.165) is 0 Å². The van der Waals surface area contributed by atoms with Crippen LogP contribution in [0.25, 0.3) is 0 Å². The SMILES string of the molecule is CC(C#Cc1ccc(Cl)c(Cl)c1)NC(=O)N1CCNC(=O)C1. The van der Waals surface area contributed by atoms with E-state index < -0.39 is 0 Å². The highest BCUT2D eigenvalue weighted by Gasteiger charge is 2.21. The number of rotatable bonds is 1. The molecule has 1 aliphatic rings. The lowest BCUT2D eigenvalue weighted by molar-refractivity contribution is -0.123. The number of hydrogen-bond acceptors (Lipinski definition) is 2. The minimum Gasteiger partial charge on any atom is -0.353 e. The first kappa shape index (κ1) is 16.5. The molecule has 0 radical (unpaired) electrons. The molecule has 1 aromatic carbocycles. The fourth-order valence-electron chi connectivity index (χ4n) is 1.89. The van der Waals surface area contributed by atoms with Gasteiger partial charge in [-0.25, -0.2) is 4.79 Å². The van der Waals surface area contributed by atoms with Crippen LogP contribution in [0.5, 0.6) is 0 Å². The van der Waals surface area contributed by atoms with Crippen molar-refractivity contribution in [3.8, 4) is 11.8 Å². The summed E-state index contributed by atoms with van der Waals surface area (Å²) >= 11 is 11.7. The number of carbonyl (C=O) groups is 2. The van der Waals surface area contributed by atoms with Gasteiger partial charge in [0.15, 0.2) is 0 Å². The monoisotopic (exact) mass is 339 g/mol. The van der Waals surface area contributed by atoms with Gasteiger partial charge >= 0.3 is 6.03 Å². The molecule has 3 amide bonds. The summed E-state index contributed by atoms with van der Waals surface area (Å²) in [5.74, 6) is 5.68. The van der Waals surface area contributed by atoms with Crippen molar-refractivity contribution in [2.24, 2.45) is 0 Å². The van der Waals surface area contributed by atoms with Crippen molar-refractivity contribution in [1.82, 2.24) is 15.5 Å².